The van der Waals surface area contributed by atoms with Crippen molar-refractivity contribution in [2.45, 2.75) is 19.6 Å². The molecule has 0 aliphatic heterocycles. The second kappa shape index (κ2) is 7.26. The van der Waals surface area contributed by atoms with Crippen LogP contribution in [-0.4, -0.2) is 13.7 Å². The average Bonchev–Trinajstić information content (AvgIpc) is 2.53. The third-order valence-corrected chi connectivity index (χ3v) is 3.26. The highest BCUT2D eigenvalue weighted by molar-refractivity contribution is 5.53. The Morgan fingerprint density at radius 2 is 1.78 bits per heavy atom. The van der Waals surface area contributed by atoms with Crippen LogP contribution in [-0.2, 0) is 12.7 Å². The van der Waals surface area contributed by atoms with E-state index in [4.69, 9.17) is 9.47 Å². The van der Waals surface area contributed by atoms with Crippen LogP contribution in [0.15, 0.2) is 42.5 Å². The third-order valence-electron chi connectivity index (χ3n) is 3.26. The average molecular weight is 325 g/mol. The minimum absolute atomic E-state index is 0.197. The minimum Gasteiger partial charge on any atom is -0.496 e. The second-order valence-corrected chi connectivity index (χ2v) is 4.81. The standard InChI is InChI=1S/C17H18F3NO2/c1-3-23-15-7-5-4-6-12(15)11-21-13-8-9-16(22-2)14(10-13)17(18,19)20/h4-10,21H,3,11H2,1-2H3. The lowest BCUT2D eigenvalue weighted by Crippen LogP contribution is -2.09. The van der Waals surface area contributed by atoms with Crippen LogP contribution in [0, 0.1) is 0 Å². The summed E-state index contributed by atoms with van der Waals surface area (Å²) in [7, 11) is 1.22. The monoisotopic (exact) mass is 325 g/mol. The van der Waals surface area contributed by atoms with Gasteiger partial charge in [-0.3, -0.25) is 0 Å². The molecule has 3 nitrogen and oxygen atoms in total. The largest absolute Gasteiger partial charge is 0.496 e. The molecule has 0 bridgehead atoms. The van der Waals surface area contributed by atoms with Crippen molar-refractivity contribution in [1.29, 1.82) is 0 Å². The molecule has 0 aromatic heterocycles. The number of methoxy groups -OCH3 is 1. The van der Waals surface area contributed by atoms with Gasteiger partial charge < -0.3 is 14.8 Å². The fourth-order valence-electron chi connectivity index (χ4n) is 2.18. The van der Waals surface area contributed by atoms with Gasteiger partial charge in [-0.05, 0) is 31.2 Å². The molecule has 2 rings (SSSR count). The minimum atomic E-state index is -4.47. The van der Waals surface area contributed by atoms with Gasteiger partial charge in [0, 0.05) is 17.8 Å². The summed E-state index contributed by atoms with van der Waals surface area (Å²) in [6.07, 6.45) is -4.47. The molecule has 124 valence electrons. The highest BCUT2D eigenvalue weighted by Crippen LogP contribution is 2.37. The van der Waals surface area contributed by atoms with E-state index in [0.717, 1.165) is 11.6 Å². The summed E-state index contributed by atoms with van der Waals surface area (Å²) in [4.78, 5) is 0. The van der Waals surface area contributed by atoms with Gasteiger partial charge >= 0.3 is 6.18 Å². The van der Waals surface area contributed by atoms with E-state index < -0.39 is 11.7 Å². The number of hydrogen-bond donors (Lipinski definition) is 1. The lowest BCUT2D eigenvalue weighted by molar-refractivity contribution is -0.138. The van der Waals surface area contributed by atoms with Crippen LogP contribution in [0.1, 0.15) is 18.1 Å². The molecule has 0 radical (unpaired) electrons. The second-order valence-electron chi connectivity index (χ2n) is 4.81. The predicted octanol–water partition coefficient (Wildman–Crippen LogP) is 4.72. The molecule has 0 saturated heterocycles. The van der Waals surface area contributed by atoms with Gasteiger partial charge in [0.2, 0.25) is 0 Å². The van der Waals surface area contributed by atoms with Crippen molar-refractivity contribution in [3.63, 3.8) is 0 Å². The highest BCUT2D eigenvalue weighted by atomic mass is 19.4. The summed E-state index contributed by atoms with van der Waals surface area (Å²) >= 11 is 0. The van der Waals surface area contributed by atoms with Gasteiger partial charge in [-0.2, -0.15) is 13.2 Å². The van der Waals surface area contributed by atoms with Crippen LogP contribution in [0.5, 0.6) is 11.5 Å². The van der Waals surface area contributed by atoms with Gasteiger partial charge in [0.1, 0.15) is 11.5 Å². The van der Waals surface area contributed by atoms with Crippen molar-refractivity contribution in [1.82, 2.24) is 0 Å². The van der Waals surface area contributed by atoms with Gasteiger partial charge in [0.05, 0.1) is 19.3 Å². The molecule has 6 heteroatoms. The molecule has 23 heavy (non-hydrogen) atoms. The zero-order chi connectivity index (χ0) is 16.9. The normalized spacial score (nSPS) is 11.2. The fraction of sp³-hybridized carbons (Fsp3) is 0.294. The molecule has 2 aromatic carbocycles. The van der Waals surface area contributed by atoms with Gasteiger partial charge in [-0.1, -0.05) is 18.2 Å². The third kappa shape index (κ3) is 4.31. The first kappa shape index (κ1) is 17.0. The molecule has 0 fully saturated rings. The maximum Gasteiger partial charge on any atom is 0.420 e. The van der Waals surface area contributed by atoms with E-state index in [1.807, 2.05) is 31.2 Å². The molecule has 0 unspecified atom stereocenters. The van der Waals surface area contributed by atoms with Crippen molar-refractivity contribution in [2.24, 2.45) is 0 Å². The lowest BCUT2D eigenvalue weighted by Gasteiger charge is -2.15. The van der Waals surface area contributed by atoms with Gasteiger partial charge in [-0.25, -0.2) is 0 Å². The van der Waals surface area contributed by atoms with Gasteiger partial charge in [0.15, 0.2) is 0 Å². The molecular weight excluding hydrogens is 307 g/mol. The molecule has 0 aliphatic carbocycles. The van der Waals surface area contributed by atoms with Crippen LogP contribution in [0.3, 0.4) is 0 Å². The Bertz CT molecular complexity index is 657. The number of rotatable bonds is 6. The van der Waals surface area contributed by atoms with E-state index in [1.54, 1.807) is 6.07 Å². The first-order valence-corrected chi connectivity index (χ1v) is 7.15. The topological polar surface area (TPSA) is 30.5 Å². The van der Waals surface area contributed by atoms with E-state index in [9.17, 15) is 13.2 Å². The van der Waals surface area contributed by atoms with Crippen molar-refractivity contribution in [2.75, 3.05) is 19.0 Å². The summed E-state index contributed by atoms with van der Waals surface area (Å²) in [6, 6.07) is 11.3. The van der Waals surface area contributed by atoms with E-state index in [0.29, 0.717) is 24.6 Å². The maximum absolute atomic E-state index is 13.0. The van der Waals surface area contributed by atoms with Crippen LogP contribution >= 0.6 is 0 Å². The zero-order valence-corrected chi connectivity index (χ0v) is 12.9. The predicted molar refractivity (Wildman–Crippen MR) is 82.9 cm³/mol. The van der Waals surface area contributed by atoms with Crippen molar-refractivity contribution < 1.29 is 22.6 Å². The van der Waals surface area contributed by atoms with Crippen LogP contribution in [0.2, 0.25) is 0 Å². The molecular formula is C17H18F3NO2. The number of nitrogens with one attached hydrogen (secondary N) is 1. The van der Waals surface area contributed by atoms with Gasteiger partial charge in [0.25, 0.3) is 0 Å². The summed E-state index contributed by atoms with van der Waals surface area (Å²) in [5.41, 5.74) is 0.436. The summed E-state index contributed by atoms with van der Waals surface area (Å²) in [5, 5.41) is 2.99. The number of para-hydroxylation sites is 1. The van der Waals surface area contributed by atoms with E-state index in [2.05, 4.69) is 5.32 Å². The summed E-state index contributed by atoms with van der Waals surface area (Å²) in [5.74, 6) is 0.518. The Hall–Kier alpha value is -2.37. The van der Waals surface area contributed by atoms with Crippen LogP contribution < -0.4 is 14.8 Å². The Kier molecular flexibility index (Phi) is 5.36. The number of benzene rings is 2. The van der Waals surface area contributed by atoms with Gasteiger partial charge in [-0.15, -0.1) is 0 Å². The number of anilines is 1. The number of halogens is 3. The molecule has 0 aliphatic rings. The first-order valence-electron chi connectivity index (χ1n) is 7.15. The van der Waals surface area contributed by atoms with Crippen molar-refractivity contribution in [3.8, 4) is 11.5 Å². The highest BCUT2D eigenvalue weighted by Gasteiger charge is 2.34. The number of hydrogen-bond acceptors (Lipinski definition) is 3. The Labute approximate surface area is 133 Å². The summed E-state index contributed by atoms with van der Waals surface area (Å²) < 4.78 is 49.3. The fourth-order valence-corrected chi connectivity index (χ4v) is 2.18. The molecule has 0 amide bonds. The van der Waals surface area contributed by atoms with Crippen LogP contribution in [0.4, 0.5) is 18.9 Å². The first-order chi connectivity index (χ1) is 11.0. The van der Waals surface area contributed by atoms with E-state index >= 15 is 0 Å². The Morgan fingerprint density at radius 1 is 1.04 bits per heavy atom. The molecule has 0 spiro atoms. The SMILES string of the molecule is CCOc1ccccc1CNc1ccc(OC)c(C(F)(F)F)c1. The van der Waals surface area contributed by atoms with Crippen molar-refractivity contribution in [3.05, 3.63) is 53.6 Å². The number of alkyl halides is 3. The maximum atomic E-state index is 13.0. The zero-order valence-electron chi connectivity index (χ0n) is 12.9. The Balaban J connectivity index is 2.18. The molecule has 0 atom stereocenters. The quantitative estimate of drug-likeness (QED) is 0.833. The molecule has 1 N–H and O–H groups in total. The Morgan fingerprint density at radius 3 is 2.43 bits per heavy atom. The van der Waals surface area contributed by atoms with Crippen molar-refractivity contribution >= 4 is 5.69 Å². The van der Waals surface area contributed by atoms with E-state index in [-0.39, 0.29) is 5.75 Å². The lowest BCUT2D eigenvalue weighted by atomic mass is 10.1. The van der Waals surface area contributed by atoms with E-state index in [1.165, 1.54) is 13.2 Å². The number of ether oxygens (including phenoxy) is 2. The molecule has 0 heterocycles. The van der Waals surface area contributed by atoms with Crippen LogP contribution in [0.25, 0.3) is 0 Å². The summed E-state index contributed by atoms with van der Waals surface area (Å²) in [6.45, 7) is 2.76. The smallest absolute Gasteiger partial charge is 0.420 e. The molecule has 2 aromatic rings. The molecule has 0 saturated carbocycles.